The molecule has 0 aromatic heterocycles. The molecule has 1 fully saturated rings. The monoisotopic (exact) mass is 358 g/mol. The Morgan fingerprint density at radius 2 is 1.72 bits per heavy atom. The molecular formula is C17H30N2O6. The molecule has 1 rings (SSSR count). The molecule has 0 aromatic carbocycles. The van der Waals surface area contributed by atoms with Gasteiger partial charge in [-0.05, 0) is 12.8 Å². The molecule has 144 valence electrons. The van der Waals surface area contributed by atoms with Gasteiger partial charge in [0.2, 0.25) is 5.91 Å². The van der Waals surface area contributed by atoms with Gasteiger partial charge < -0.3 is 25.6 Å². The van der Waals surface area contributed by atoms with Crippen LogP contribution in [0, 0.1) is 10.8 Å². The number of carbonyl (C=O) groups excluding carboxylic acids is 2. The smallest absolute Gasteiger partial charge is 0.331 e. The molecule has 1 aliphatic carbocycles. The lowest BCUT2D eigenvalue weighted by molar-refractivity contribution is -0.165. The zero-order valence-electron chi connectivity index (χ0n) is 15.6. The van der Waals surface area contributed by atoms with E-state index in [-0.39, 0.29) is 23.5 Å². The van der Waals surface area contributed by atoms with Crippen LogP contribution in [0.2, 0.25) is 0 Å². The molecule has 8 nitrogen and oxygen atoms in total. The number of nitrogens with two attached hydrogens (primary N) is 1. The lowest BCUT2D eigenvalue weighted by Crippen LogP contribution is -2.52. The second kappa shape index (κ2) is 8.14. The van der Waals surface area contributed by atoms with Crippen molar-refractivity contribution in [3.8, 4) is 0 Å². The number of hydrogen-bond acceptors (Lipinski definition) is 6. The maximum Gasteiger partial charge on any atom is 0.331 e. The van der Waals surface area contributed by atoms with Gasteiger partial charge in [-0.3, -0.25) is 9.59 Å². The highest BCUT2D eigenvalue weighted by Crippen LogP contribution is 2.50. The number of rotatable bonds is 8. The van der Waals surface area contributed by atoms with Crippen LogP contribution < -0.4 is 11.1 Å². The largest absolute Gasteiger partial charge is 0.481 e. The van der Waals surface area contributed by atoms with E-state index in [1.807, 2.05) is 27.7 Å². The third kappa shape index (κ3) is 5.67. The molecule has 4 N–H and O–H groups in total. The van der Waals surface area contributed by atoms with Crippen LogP contribution in [0.5, 0.6) is 0 Å². The van der Waals surface area contributed by atoms with Crippen LogP contribution >= 0.6 is 0 Å². The van der Waals surface area contributed by atoms with Crippen molar-refractivity contribution in [3.05, 3.63) is 0 Å². The molecule has 2 atom stereocenters. The second-order valence-corrected chi connectivity index (χ2v) is 8.01. The lowest BCUT2D eigenvalue weighted by Gasteiger charge is -2.35. The molecule has 8 heteroatoms. The van der Waals surface area contributed by atoms with E-state index >= 15 is 0 Å². The summed E-state index contributed by atoms with van der Waals surface area (Å²) in [5.74, 6) is -2.53. The highest BCUT2D eigenvalue weighted by molar-refractivity contribution is 5.89. The summed E-state index contributed by atoms with van der Waals surface area (Å²) in [6.07, 6.45) is 1.05. The highest BCUT2D eigenvalue weighted by atomic mass is 16.6. The Balaban J connectivity index is 2.79. The van der Waals surface area contributed by atoms with Crippen molar-refractivity contribution in [2.45, 2.75) is 65.1 Å². The van der Waals surface area contributed by atoms with Crippen LogP contribution in [-0.2, 0) is 23.9 Å². The molecule has 1 aliphatic rings. The summed E-state index contributed by atoms with van der Waals surface area (Å²) in [4.78, 5) is 35.2. The molecule has 0 radical (unpaired) electrons. The molecule has 0 saturated heterocycles. The van der Waals surface area contributed by atoms with Gasteiger partial charge in [0.25, 0.3) is 0 Å². The topological polar surface area (TPSA) is 128 Å². The number of carboxylic acids is 1. The summed E-state index contributed by atoms with van der Waals surface area (Å²) in [7, 11) is 1.40. The summed E-state index contributed by atoms with van der Waals surface area (Å²) in [6, 6.07) is -2.28. The van der Waals surface area contributed by atoms with Crippen molar-refractivity contribution in [1.29, 1.82) is 0 Å². The van der Waals surface area contributed by atoms with Crippen LogP contribution in [0.25, 0.3) is 0 Å². The maximum absolute atomic E-state index is 12.6. The number of carboxylic acid groups (broad SMARTS) is 1. The molecule has 0 heterocycles. The van der Waals surface area contributed by atoms with Gasteiger partial charge in [-0.15, -0.1) is 0 Å². The zero-order chi connectivity index (χ0) is 19.4. The minimum absolute atomic E-state index is 0.0854. The quantitative estimate of drug-likeness (QED) is 0.544. The van der Waals surface area contributed by atoms with Gasteiger partial charge in [-0.1, -0.05) is 27.7 Å². The fourth-order valence-electron chi connectivity index (χ4n) is 3.38. The molecule has 0 aliphatic heterocycles. The van der Waals surface area contributed by atoms with E-state index in [9.17, 15) is 14.4 Å². The first-order valence-corrected chi connectivity index (χ1v) is 8.38. The van der Waals surface area contributed by atoms with Gasteiger partial charge in [-0.25, -0.2) is 4.79 Å². The lowest BCUT2D eigenvalue weighted by atomic mass is 9.81. The van der Waals surface area contributed by atoms with Crippen molar-refractivity contribution < 1.29 is 29.0 Å². The first-order valence-electron chi connectivity index (χ1n) is 8.38. The summed E-state index contributed by atoms with van der Waals surface area (Å²) in [5, 5.41) is 11.1. The molecule has 25 heavy (non-hydrogen) atoms. The first kappa shape index (κ1) is 21.4. The molecule has 0 aromatic rings. The van der Waals surface area contributed by atoms with E-state index < -0.39 is 36.4 Å². The minimum atomic E-state index is -1.25. The van der Waals surface area contributed by atoms with E-state index in [1.165, 1.54) is 7.11 Å². The van der Waals surface area contributed by atoms with Crippen molar-refractivity contribution in [2.24, 2.45) is 16.6 Å². The van der Waals surface area contributed by atoms with E-state index in [1.54, 1.807) is 0 Å². The summed E-state index contributed by atoms with van der Waals surface area (Å²) < 4.78 is 10.7. The average molecular weight is 358 g/mol. The first-order chi connectivity index (χ1) is 11.4. The van der Waals surface area contributed by atoms with Crippen LogP contribution in [0.1, 0.15) is 47.0 Å². The number of methoxy groups -OCH3 is 1. The minimum Gasteiger partial charge on any atom is -0.481 e. The number of aliphatic carboxylic acids is 1. The van der Waals surface area contributed by atoms with Gasteiger partial charge in [-0.2, -0.15) is 0 Å². The van der Waals surface area contributed by atoms with Gasteiger partial charge in [0.15, 0.2) is 6.04 Å². The summed E-state index contributed by atoms with van der Waals surface area (Å²) in [6.45, 7) is 8.11. The van der Waals surface area contributed by atoms with E-state index in [4.69, 9.17) is 20.3 Å². The Labute approximate surface area is 148 Å². The van der Waals surface area contributed by atoms with Gasteiger partial charge in [0.05, 0.1) is 19.1 Å². The SMILES string of the molecule is COC[C@@H](NC(=O)[C@@H](N)CC(=O)O)C(=O)OC1C(C)(C)CCC1(C)C. The third-order valence-electron chi connectivity index (χ3n) is 4.73. The molecule has 0 unspecified atom stereocenters. The van der Waals surface area contributed by atoms with Gasteiger partial charge in [0.1, 0.15) is 6.10 Å². The Morgan fingerprint density at radius 3 is 2.16 bits per heavy atom. The number of nitrogens with one attached hydrogen (secondary N) is 1. The number of amides is 1. The fraction of sp³-hybridized carbons (Fsp3) is 0.824. The second-order valence-electron chi connectivity index (χ2n) is 8.01. The standard InChI is InChI=1S/C17H30N2O6/c1-16(2)6-7-17(3,4)15(16)25-14(23)11(9-24-5)19-13(22)10(18)8-12(20)21/h10-11,15H,6-9,18H2,1-5H3,(H,19,22)(H,20,21)/t10-,11+/m0/s1. The number of ether oxygens (including phenoxy) is 2. The van der Waals surface area contributed by atoms with Crippen molar-refractivity contribution >= 4 is 17.8 Å². The van der Waals surface area contributed by atoms with Gasteiger partial charge >= 0.3 is 11.9 Å². The summed E-state index contributed by atoms with van der Waals surface area (Å²) >= 11 is 0. The number of esters is 1. The fourth-order valence-corrected chi connectivity index (χ4v) is 3.38. The zero-order valence-corrected chi connectivity index (χ0v) is 15.6. The van der Waals surface area contributed by atoms with Crippen LogP contribution in [0.3, 0.4) is 0 Å². The van der Waals surface area contributed by atoms with Crippen LogP contribution in [0.4, 0.5) is 0 Å². The Hall–Kier alpha value is -1.67. The Bertz CT molecular complexity index is 501. The normalized spacial score (nSPS) is 21.4. The molecule has 0 bridgehead atoms. The summed E-state index contributed by atoms with van der Waals surface area (Å²) in [5.41, 5.74) is 5.19. The highest BCUT2D eigenvalue weighted by Gasteiger charge is 2.50. The average Bonchev–Trinajstić information content (AvgIpc) is 2.68. The molecule has 1 saturated carbocycles. The van der Waals surface area contributed by atoms with E-state index in [2.05, 4.69) is 5.32 Å². The third-order valence-corrected chi connectivity index (χ3v) is 4.73. The van der Waals surface area contributed by atoms with E-state index in [0.29, 0.717) is 0 Å². The Morgan fingerprint density at radius 1 is 1.20 bits per heavy atom. The van der Waals surface area contributed by atoms with Gasteiger partial charge in [0, 0.05) is 17.9 Å². The predicted octanol–water partition coefficient (Wildman–Crippen LogP) is 0.678. The van der Waals surface area contributed by atoms with Crippen LogP contribution in [-0.4, -0.2) is 54.9 Å². The molecule has 0 spiro atoms. The maximum atomic E-state index is 12.6. The molecule has 1 amide bonds. The van der Waals surface area contributed by atoms with Crippen LogP contribution in [0.15, 0.2) is 0 Å². The Kier molecular flexibility index (Phi) is 6.96. The van der Waals surface area contributed by atoms with Crippen molar-refractivity contribution in [2.75, 3.05) is 13.7 Å². The predicted molar refractivity (Wildman–Crippen MR) is 90.7 cm³/mol. The van der Waals surface area contributed by atoms with E-state index in [0.717, 1.165) is 12.8 Å². The number of carbonyl (C=O) groups is 3. The number of hydrogen-bond donors (Lipinski definition) is 3. The van der Waals surface area contributed by atoms with Crippen molar-refractivity contribution in [3.63, 3.8) is 0 Å². The van der Waals surface area contributed by atoms with Crippen molar-refractivity contribution in [1.82, 2.24) is 5.32 Å². The molecular weight excluding hydrogens is 328 g/mol.